The van der Waals surface area contributed by atoms with Gasteiger partial charge in [-0.15, -0.1) is 0 Å². The van der Waals surface area contributed by atoms with E-state index in [1.807, 2.05) is 32.0 Å². The number of aliphatic hydroxyl groups is 1. The fourth-order valence-electron chi connectivity index (χ4n) is 2.30. The Kier molecular flexibility index (Phi) is 6.99. The van der Waals surface area contributed by atoms with Crippen LogP contribution in [0, 0.1) is 13.8 Å². The third-order valence-corrected chi connectivity index (χ3v) is 3.35. The lowest BCUT2D eigenvalue weighted by atomic mass is 10.0. The van der Waals surface area contributed by atoms with Crippen LogP contribution in [-0.4, -0.2) is 25.3 Å². The van der Waals surface area contributed by atoms with E-state index < -0.39 is 0 Å². The van der Waals surface area contributed by atoms with Crippen LogP contribution in [0.1, 0.15) is 22.3 Å². The predicted octanol–water partition coefficient (Wildman–Crippen LogP) is 3.40. The molecule has 0 unspecified atom stereocenters. The second-order valence-electron chi connectivity index (χ2n) is 4.87. The molecule has 0 aliphatic heterocycles. The van der Waals surface area contributed by atoms with Gasteiger partial charge in [0.15, 0.2) is 0 Å². The molecule has 1 amide bonds. The van der Waals surface area contributed by atoms with Crippen LogP contribution in [-0.2, 0) is 11.2 Å². The van der Waals surface area contributed by atoms with Gasteiger partial charge in [-0.25, -0.2) is 0 Å². The maximum Gasteiger partial charge on any atom is 0.211 e. The van der Waals surface area contributed by atoms with Crippen molar-refractivity contribution in [3.63, 3.8) is 0 Å². The van der Waals surface area contributed by atoms with E-state index in [0.29, 0.717) is 6.41 Å². The van der Waals surface area contributed by atoms with Crippen molar-refractivity contribution in [3.05, 3.63) is 58.7 Å². The number of aliphatic hydroxyl groups excluding tert-OH is 1. The number of hydrogen-bond donors (Lipinski definition) is 2. The lowest BCUT2D eigenvalue weighted by Crippen LogP contribution is -1.97. The number of carbonyl (C=O) groups excluding carboxylic acids is 1. The number of benzene rings is 2. The zero-order chi connectivity index (χ0) is 16.5. The fraction of sp³-hybridized carbons (Fsp3) is 0.222. The standard InChI is InChI=1S/C17H18N2O.CH4O/c1-12-8-14(4-6-16(12)18-3)10-15-5-7-17(19-11-20)13(2)9-15;1-2/h4-9,11H,3,10H2,1-2H3,(H,19,20);2H,1H3. The molecule has 4 nitrogen and oxygen atoms in total. The number of aryl methyl sites for hydroxylation is 2. The topological polar surface area (TPSA) is 61.7 Å². The first kappa shape index (κ1) is 17.6. The molecule has 2 aromatic rings. The lowest BCUT2D eigenvalue weighted by molar-refractivity contribution is -0.105. The van der Waals surface area contributed by atoms with Crippen LogP contribution in [0.5, 0.6) is 0 Å². The van der Waals surface area contributed by atoms with Crippen LogP contribution in [0.4, 0.5) is 11.4 Å². The molecule has 2 rings (SSSR count). The van der Waals surface area contributed by atoms with Crippen molar-refractivity contribution in [2.75, 3.05) is 12.4 Å². The molecule has 0 aromatic heterocycles. The maximum atomic E-state index is 10.5. The van der Waals surface area contributed by atoms with Gasteiger partial charge < -0.3 is 10.4 Å². The van der Waals surface area contributed by atoms with E-state index in [1.165, 1.54) is 11.1 Å². The quantitative estimate of drug-likeness (QED) is 0.656. The minimum atomic E-state index is 0.701. The van der Waals surface area contributed by atoms with E-state index in [2.05, 4.69) is 35.2 Å². The van der Waals surface area contributed by atoms with Crippen LogP contribution in [0.15, 0.2) is 41.4 Å². The van der Waals surface area contributed by atoms with Gasteiger partial charge in [0, 0.05) is 12.8 Å². The number of amides is 1. The molecule has 0 bridgehead atoms. The summed E-state index contributed by atoms with van der Waals surface area (Å²) < 4.78 is 0. The highest BCUT2D eigenvalue weighted by Gasteiger charge is 2.03. The van der Waals surface area contributed by atoms with Gasteiger partial charge in [0.2, 0.25) is 6.41 Å². The molecule has 0 spiro atoms. The fourth-order valence-corrected chi connectivity index (χ4v) is 2.30. The second kappa shape index (κ2) is 8.74. The van der Waals surface area contributed by atoms with E-state index in [1.54, 1.807) is 0 Å². The minimum absolute atomic E-state index is 0.701. The number of aliphatic imine (C=N–C) groups is 1. The van der Waals surface area contributed by atoms with E-state index in [9.17, 15) is 4.79 Å². The summed E-state index contributed by atoms with van der Waals surface area (Å²) in [5, 5.41) is 9.69. The Bertz CT molecular complexity index is 652. The number of hydrogen-bond acceptors (Lipinski definition) is 3. The minimum Gasteiger partial charge on any atom is -0.400 e. The zero-order valence-corrected chi connectivity index (χ0v) is 13.3. The molecule has 0 aliphatic rings. The predicted molar refractivity (Wildman–Crippen MR) is 92.2 cm³/mol. The zero-order valence-electron chi connectivity index (χ0n) is 13.3. The maximum absolute atomic E-state index is 10.5. The van der Waals surface area contributed by atoms with Crippen molar-refractivity contribution in [1.29, 1.82) is 0 Å². The first-order valence-electron chi connectivity index (χ1n) is 6.94. The van der Waals surface area contributed by atoms with Gasteiger partial charge in [-0.1, -0.05) is 24.3 Å². The summed E-state index contributed by atoms with van der Waals surface area (Å²) in [6.07, 6.45) is 1.56. The van der Waals surface area contributed by atoms with Gasteiger partial charge in [-0.3, -0.25) is 9.79 Å². The summed E-state index contributed by atoms with van der Waals surface area (Å²) in [5.74, 6) is 0. The van der Waals surface area contributed by atoms with Crippen LogP contribution < -0.4 is 5.32 Å². The van der Waals surface area contributed by atoms with Gasteiger partial charge in [-0.2, -0.15) is 0 Å². The number of rotatable bonds is 5. The molecule has 2 aromatic carbocycles. The molecule has 0 aliphatic carbocycles. The van der Waals surface area contributed by atoms with Crippen molar-refractivity contribution in [2.45, 2.75) is 20.3 Å². The molecule has 116 valence electrons. The first-order chi connectivity index (χ1) is 10.6. The molecule has 0 radical (unpaired) electrons. The van der Waals surface area contributed by atoms with Crippen LogP contribution in [0.3, 0.4) is 0 Å². The Hall–Kier alpha value is -2.46. The Balaban J connectivity index is 0.00000116. The average molecular weight is 298 g/mol. The third kappa shape index (κ3) is 4.53. The third-order valence-electron chi connectivity index (χ3n) is 3.35. The Morgan fingerprint density at radius 1 is 1.09 bits per heavy atom. The number of nitrogens with one attached hydrogen (secondary N) is 1. The number of anilines is 1. The van der Waals surface area contributed by atoms with Crippen molar-refractivity contribution in [2.24, 2.45) is 4.99 Å². The summed E-state index contributed by atoms with van der Waals surface area (Å²) in [5.41, 5.74) is 6.44. The molecule has 0 saturated carbocycles. The summed E-state index contributed by atoms with van der Waals surface area (Å²) in [7, 11) is 1.00. The van der Waals surface area contributed by atoms with Gasteiger partial charge in [-0.05, 0) is 61.4 Å². The van der Waals surface area contributed by atoms with E-state index >= 15 is 0 Å². The van der Waals surface area contributed by atoms with Crippen molar-refractivity contribution < 1.29 is 9.90 Å². The van der Waals surface area contributed by atoms with Crippen molar-refractivity contribution in [1.82, 2.24) is 0 Å². The number of nitrogens with zero attached hydrogens (tertiary/aromatic N) is 1. The van der Waals surface area contributed by atoms with Gasteiger partial charge in [0.25, 0.3) is 0 Å². The first-order valence-corrected chi connectivity index (χ1v) is 6.94. The smallest absolute Gasteiger partial charge is 0.211 e. The molecule has 0 heterocycles. The van der Waals surface area contributed by atoms with Crippen LogP contribution in [0.25, 0.3) is 0 Å². The molecule has 0 fully saturated rings. The molecule has 0 atom stereocenters. The van der Waals surface area contributed by atoms with E-state index in [0.717, 1.165) is 36.0 Å². The Morgan fingerprint density at radius 2 is 1.68 bits per heavy atom. The molecular formula is C18H22N2O2. The van der Waals surface area contributed by atoms with Gasteiger partial charge in [0.1, 0.15) is 0 Å². The van der Waals surface area contributed by atoms with E-state index in [-0.39, 0.29) is 0 Å². The molecular weight excluding hydrogens is 276 g/mol. The van der Waals surface area contributed by atoms with Crippen molar-refractivity contribution >= 4 is 24.5 Å². The highest BCUT2D eigenvalue weighted by atomic mass is 16.2. The summed E-state index contributed by atoms with van der Waals surface area (Å²) >= 11 is 0. The Morgan fingerprint density at radius 3 is 2.18 bits per heavy atom. The summed E-state index contributed by atoms with van der Waals surface area (Å²) in [4.78, 5) is 14.4. The van der Waals surface area contributed by atoms with E-state index in [4.69, 9.17) is 5.11 Å². The molecule has 4 heteroatoms. The Labute approximate surface area is 131 Å². The van der Waals surface area contributed by atoms with Gasteiger partial charge in [0.05, 0.1) is 5.69 Å². The number of carbonyl (C=O) groups is 1. The van der Waals surface area contributed by atoms with Crippen molar-refractivity contribution in [3.8, 4) is 0 Å². The molecule has 0 saturated heterocycles. The normalized spacial score (nSPS) is 9.45. The van der Waals surface area contributed by atoms with Gasteiger partial charge >= 0.3 is 0 Å². The summed E-state index contributed by atoms with van der Waals surface area (Å²) in [6, 6.07) is 12.3. The SMILES string of the molecule is C=Nc1ccc(Cc2ccc(NC=O)c(C)c2)cc1C.CO. The average Bonchev–Trinajstić information content (AvgIpc) is 2.52. The monoisotopic (exact) mass is 298 g/mol. The lowest BCUT2D eigenvalue weighted by Gasteiger charge is -2.09. The second-order valence-corrected chi connectivity index (χ2v) is 4.87. The largest absolute Gasteiger partial charge is 0.400 e. The van der Waals surface area contributed by atoms with Crippen LogP contribution >= 0.6 is 0 Å². The highest BCUT2D eigenvalue weighted by molar-refractivity contribution is 5.73. The highest BCUT2D eigenvalue weighted by Crippen LogP contribution is 2.22. The summed E-state index contributed by atoms with van der Waals surface area (Å²) in [6.45, 7) is 7.59. The molecule has 2 N–H and O–H groups in total. The van der Waals surface area contributed by atoms with Crippen LogP contribution in [0.2, 0.25) is 0 Å². The molecule has 22 heavy (non-hydrogen) atoms.